The number of benzene rings is 2. The lowest BCUT2D eigenvalue weighted by Crippen LogP contribution is -2.17. The number of phenols is 1. The minimum absolute atomic E-state index is 0.225. The Balaban J connectivity index is 1.90. The van der Waals surface area contributed by atoms with Gasteiger partial charge >= 0.3 is 5.97 Å². The molecule has 1 atom stereocenters. The van der Waals surface area contributed by atoms with Crippen molar-refractivity contribution in [2.24, 2.45) is 4.99 Å². The fourth-order valence-electron chi connectivity index (χ4n) is 2.45. The number of thioether (sulfide) groups is 1. The van der Waals surface area contributed by atoms with Gasteiger partial charge in [0, 0.05) is 22.6 Å². The zero-order valence-corrected chi connectivity index (χ0v) is 12.8. The van der Waals surface area contributed by atoms with Gasteiger partial charge in [-0.1, -0.05) is 24.3 Å². The lowest BCUT2D eigenvalue weighted by molar-refractivity contribution is -0.137. The number of nitrogens with zero attached hydrogens (tertiary/aromatic N) is 2. The molecular weight excluding hydrogens is 320 g/mol. The molecule has 0 saturated carbocycles. The summed E-state index contributed by atoms with van der Waals surface area (Å²) < 4.78 is 0.869. The molecule has 22 heavy (non-hydrogen) atoms. The summed E-state index contributed by atoms with van der Waals surface area (Å²) in [5.74, 6) is -0.249. The molecule has 1 aliphatic heterocycles. The quantitative estimate of drug-likeness (QED) is 0.754. The van der Waals surface area contributed by atoms with Gasteiger partial charge in [-0.25, -0.2) is 9.78 Å². The lowest BCUT2D eigenvalue weighted by atomic mass is 10.1. The summed E-state index contributed by atoms with van der Waals surface area (Å²) in [6, 6.07) is 8.55. The molecule has 2 N–H and O–H groups in total. The van der Waals surface area contributed by atoms with Gasteiger partial charge in [-0.3, -0.25) is 4.99 Å². The van der Waals surface area contributed by atoms with E-state index in [1.165, 1.54) is 23.1 Å². The zero-order chi connectivity index (χ0) is 15.3. The Morgan fingerprint density at radius 1 is 1.27 bits per heavy atom. The van der Waals surface area contributed by atoms with Crippen LogP contribution in [0.5, 0.6) is 5.75 Å². The number of phenolic OH excluding ortho intramolecular Hbond substituents is 1. The number of rotatable bonds is 2. The van der Waals surface area contributed by atoms with Gasteiger partial charge in [0.25, 0.3) is 0 Å². The van der Waals surface area contributed by atoms with Crippen LogP contribution in [0.3, 0.4) is 0 Å². The van der Waals surface area contributed by atoms with Crippen molar-refractivity contribution in [3.63, 3.8) is 0 Å². The molecule has 0 bridgehead atoms. The van der Waals surface area contributed by atoms with Crippen molar-refractivity contribution in [3.8, 4) is 5.75 Å². The molecular formula is C15H10N2O3S2. The molecule has 1 unspecified atom stereocenters. The van der Waals surface area contributed by atoms with Gasteiger partial charge in [0.2, 0.25) is 0 Å². The molecule has 0 saturated heterocycles. The monoisotopic (exact) mass is 330 g/mol. The van der Waals surface area contributed by atoms with Crippen LogP contribution in [0.15, 0.2) is 35.3 Å². The topological polar surface area (TPSA) is 82.8 Å². The first kappa shape index (κ1) is 13.5. The van der Waals surface area contributed by atoms with Crippen molar-refractivity contribution < 1.29 is 15.0 Å². The van der Waals surface area contributed by atoms with Gasteiger partial charge in [0.05, 0.1) is 10.2 Å². The largest absolute Gasteiger partial charge is 0.507 e. The third-order valence-electron chi connectivity index (χ3n) is 3.50. The van der Waals surface area contributed by atoms with E-state index >= 15 is 0 Å². The normalized spacial score (nSPS) is 18.0. The number of carboxylic acids is 1. The molecule has 7 heteroatoms. The van der Waals surface area contributed by atoms with Crippen molar-refractivity contribution in [2.75, 3.05) is 5.75 Å². The Morgan fingerprint density at radius 2 is 2.05 bits per heavy atom. The molecule has 0 aliphatic carbocycles. The van der Waals surface area contributed by atoms with Crippen molar-refractivity contribution in [3.05, 3.63) is 35.3 Å². The van der Waals surface area contributed by atoms with Gasteiger partial charge in [-0.15, -0.1) is 23.1 Å². The van der Waals surface area contributed by atoms with E-state index in [4.69, 9.17) is 5.11 Å². The number of carboxylic acid groups (broad SMARTS) is 1. The van der Waals surface area contributed by atoms with Crippen LogP contribution in [0.1, 0.15) is 5.01 Å². The number of fused-ring (bicyclic) bond motifs is 3. The molecule has 0 fully saturated rings. The van der Waals surface area contributed by atoms with E-state index in [1.54, 1.807) is 6.07 Å². The summed E-state index contributed by atoms with van der Waals surface area (Å²) in [6.45, 7) is 0. The summed E-state index contributed by atoms with van der Waals surface area (Å²) in [4.78, 5) is 19.8. The first-order valence-corrected chi connectivity index (χ1v) is 8.39. The van der Waals surface area contributed by atoms with Gasteiger partial charge in [-0.2, -0.15) is 0 Å². The van der Waals surface area contributed by atoms with Crippen LogP contribution in [0.4, 0.5) is 0 Å². The predicted molar refractivity (Wildman–Crippen MR) is 89.2 cm³/mol. The fourth-order valence-corrected chi connectivity index (χ4v) is 4.56. The highest BCUT2D eigenvalue weighted by atomic mass is 32.2. The molecule has 5 nitrogen and oxygen atoms in total. The van der Waals surface area contributed by atoms with Gasteiger partial charge in [-0.05, 0) is 0 Å². The molecule has 3 aromatic rings. The molecule has 1 aliphatic rings. The van der Waals surface area contributed by atoms with Crippen molar-refractivity contribution in [1.82, 2.24) is 4.98 Å². The number of aliphatic imine (C=N–C) groups is 1. The molecule has 0 amide bonds. The first-order chi connectivity index (χ1) is 10.6. The van der Waals surface area contributed by atoms with E-state index in [-0.39, 0.29) is 5.75 Å². The van der Waals surface area contributed by atoms with Crippen LogP contribution < -0.4 is 0 Å². The second-order valence-electron chi connectivity index (χ2n) is 4.91. The summed E-state index contributed by atoms with van der Waals surface area (Å²) in [6.07, 6.45) is 0. The number of hydrogen-bond donors (Lipinski definition) is 2. The Bertz CT molecular complexity index is 949. The molecule has 110 valence electrons. The SMILES string of the molecule is O=C(O)C1CSC(c2nc3c(cc(O)c4ccccc43)s2)=N1. The zero-order valence-electron chi connectivity index (χ0n) is 11.2. The molecule has 4 rings (SSSR count). The smallest absolute Gasteiger partial charge is 0.329 e. The maximum Gasteiger partial charge on any atom is 0.329 e. The minimum Gasteiger partial charge on any atom is -0.507 e. The summed E-state index contributed by atoms with van der Waals surface area (Å²) in [7, 11) is 0. The maximum absolute atomic E-state index is 11.0. The average Bonchev–Trinajstić information content (AvgIpc) is 3.14. The highest BCUT2D eigenvalue weighted by Gasteiger charge is 2.27. The van der Waals surface area contributed by atoms with Crippen LogP contribution in [0.25, 0.3) is 21.0 Å². The van der Waals surface area contributed by atoms with E-state index in [1.807, 2.05) is 24.3 Å². The minimum atomic E-state index is -0.910. The van der Waals surface area contributed by atoms with Crippen molar-refractivity contribution >= 4 is 55.1 Å². The Labute approximate surface area is 133 Å². The van der Waals surface area contributed by atoms with Gasteiger partial charge < -0.3 is 10.2 Å². The lowest BCUT2D eigenvalue weighted by Gasteiger charge is -2.00. The fraction of sp³-hybridized carbons (Fsp3) is 0.133. The Morgan fingerprint density at radius 3 is 2.77 bits per heavy atom. The standard InChI is InChI=1S/C15H10N2O3S2/c18-10-5-11-12(8-4-2-1-3-7(8)10)17-14(22-11)13-16-9(6-21-13)15(19)20/h1-5,9,18H,6H2,(H,19,20). The second kappa shape index (κ2) is 4.96. The van der Waals surface area contributed by atoms with E-state index in [2.05, 4.69) is 9.98 Å². The van der Waals surface area contributed by atoms with Crippen LogP contribution in [0.2, 0.25) is 0 Å². The molecule has 0 spiro atoms. The van der Waals surface area contributed by atoms with E-state index < -0.39 is 12.0 Å². The third kappa shape index (κ3) is 2.05. The van der Waals surface area contributed by atoms with Crippen LogP contribution in [-0.4, -0.2) is 38.0 Å². The number of aromatic nitrogens is 1. The van der Waals surface area contributed by atoms with E-state index in [0.717, 1.165) is 21.0 Å². The van der Waals surface area contributed by atoms with Crippen molar-refractivity contribution in [1.29, 1.82) is 0 Å². The maximum atomic E-state index is 11.0. The van der Waals surface area contributed by atoms with Gasteiger partial charge in [0.15, 0.2) is 6.04 Å². The van der Waals surface area contributed by atoms with Crippen molar-refractivity contribution in [2.45, 2.75) is 6.04 Å². The average molecular weight is 330 g/mol. The summed E-state index contributed by atoms with van der Waals surface area (Å²) >= 11 is 2.83. The van der Waals surface area contributed by atoms with Crippen LogP contribution >= 0.6 is 23.1 Å². The number of aliphatic carboxylic acids is 1. The molecule has 0 radical (unpaired) electrons. The summed E-state index contributed by atoms with van der Waals surface area (Å²) in [5.41, 5.74) is 0.815. The number of thiazole rings is 1. The highest BCUT2D eigenvalue weighted by molar-refractivity contribution is 8.15. The van der Waals surface area contributed by atoms with Crippen LogP contribution in [-0.2, 0) is 4.79 Å². The number of carbonyl (C=O) groups is 1. The number of hydrogen-bond acceptors (Lipinski definition) is 6. The molecule has 2 heterocycles. The molecule has 1 aromatic heterocycles. The predicted octanol–water partition coefficient (Wildman–Crippen LogP) is 3.10. The second-order valence-corrected chi connectivity index (χ2v) is 6.95. The third-order valence-corrected chi connectivity index (χ3v) is 5.69. The van der Waals surface area contributed by atoms with E-state index in [9.17, 15) is 9.90 Å². The number of aromatic hydroxyl groups is 1. The Kier molecular flexibility index (Phi) is 3.05. The molecule has 2 aromatic carbocycles. The summed E-state index contributed by atoms with van der Waals surface area (Å²) in [5, 5.41) is 22.2. The first-order valence-electron chi connectivity index (χ1n) is 6.58. The van der Waals surface area contributed by atoms with E-state index in [0.29, 0.717) is 15.8 Å². The van der Waals surface area contributed by atoms with Gasteiger partial charge in [0.1, 0.15) is 15.8 Å². The highest BCUT2D eigenvalue weighted by Crippen LogP contribution is 2.37. The van der Waals surface area contributed by atoms with Crippen LogP contribution in [0, 0.1) is 0 Å². The Hall–Kier alpha value is -2.12.